The summed E-state index contributed by atoms with van der Waals surface area (Å²) < 4.78 is 31.2. The predicted octanol–water partition coefficient (Wildman–Crippen LogP) is 10.0. The number of ether oxygens (including phenoxy) is 3. The minimum Gasteiger partial charge on any atom is -0.444 e. The van der Waals surface area contributed by atoms with E-state index in [-0.39, 0.29) is 92.1 Å². The number of piperazine rings is 1. The quantitative estimate of drug-likeness (QED) is 0.0952. The highest BCUT2D eigenvalue weighted by atomic mass is 19.1. The zero-order valence-electron chi connectivity index (χ0n) is 57.7. The van der Waals surface area contributed by atoms with Crippen LogP contribution in [0.25, 0.3) is 0 Å². The largest absolute Gasteiger partial charge is 0.444 e. The van der Waals surface area contributed by atoms with Crippen LogP contribution in [0.2, 0.25) is 0 Å². The number of amides is 6. The maximum absolute atomic E-state index is 15.4. The number of likely N-dealkylation sites (N-methyl/N-ethyl adjacent to an activating group) is 1. The highest BCUT2D eigenvalue weighted by Crippen LogP contribution is 2.43. The Morgan fingerprint density at radius 2 is 1.50 bits per heavy atom. The van der Waals surface area contributed by atoms with Gasteiger partial charge < -0.3 is 44.4 Å². The number of nitrogens with one attached hydrogen (secondary N) is 2. The van der Waals surface area contributed by atoms with Gasteiger partial charge in [-0.2, -0.15) is 0 Å². The molecule has 6 amide bonds. The van der Waals surface area contributed by atoms with Crippen molar-refractivity contribution in [1.29, 1.82) is 0 Å². The summed E-state index contributed by atoms with van der Waals surface area (Å²) in [5, 5.41) is 5.84. The number of morpholine rings is 1. The van der Waals surface area contributed by atoms with E-state index in [0.29, 0.717) is 68.3 Å². The van der Waals surface area contributed by atoms with E-state index in [2.05, 4.69) is 39.5 Å². The number of carbonyl (C=O) groups excluding carboxylic acids is 8. The van der Waals surface area contributed by atoms with E-state index in [1.165, 1.54) is 29.6 Å². The molecule has 0 saturated carbocycles. The van der Waals surface area contributed by atoms with E-state index in [9.17, 15) is 33.2 Å². The van der Waals surface area contributed by atoms with Crippen LogP contribution in [0.15, 0.2) is 84.9 Å². The number of ketones is 2. The number of hydrogen-bond acceptors (Lipinski definition) is 13. The summed E-state index contributed by atoms with van der Waals surface area (Å²) in [6, 6.07) is 23.3. The second-order valence-electron chi connectivity index (χ2n) is 30.2. The van der Waals surface area contributed by atoms with Gasteiger partial charge >= 0.3 is 12.2 Å². The molecule has 94 heavy (non-hydrogen) atoms. The summed E-state index contributed by atoms with van der Waals surface area (Å²) in [6.07, 6.45) is 2.33. The van der Waals surface area contributed by atoms with Crippen molar-refractivity contribution in [2.45, 2.75) is 194 Å². The zero-order valence-corrected chi connectivity index (χ0v) is 57.7. The van der Waals surface area contributed by atoms with Crippen LogP contribution in [0.4, 0.5) is 25.4 Å². The molecule has 2 saturated heterocycles. The molecule has 4 aliphatic heterocycles. The van der Waals surface area contributed by atoms with Crippen molar-refractivity contribution in [2.75, 3.05) is 76.3 Å². The molecule has 4 aromatic rings. The SMILES string of the molecule is C[C@@H]1COCCN1C[C@H]1CN(C(=O)OC(C)(C)C)[C@H](C)CN1CC(=O)N1C[C@](C)(C(=O)NCC(=O)Nc2ccc3c(c2)CN(C(=O)[C@@H](CC(=O)[C@H](C)N(C)C(=O)OC(C)(C)C)C(C)(C)C)[C@H](C(=O)C[C@@H]2CCCc4ccccc42)C3)c2ccc(Cc3ccc(F)cc3)cc21. The molecule has 0 unspecified atom stereocenters. The highest BCUT2D eigenvalue weighted by molar-refractivity contribution is 6.04. The number of benzene rings is 4. The maximum atomic E-state index is 15.4. The summed E-state index contributed by atoms with van der Waals surface area (Å²) in [6.45, 7) is 26.5. The van der Waals surface area contributed by atoms with E-state index >= 15 is 9.59 Å². The molecule has 508 valence electrons. The van der Waals surface area contributed by atoms with Crippen LogP contribution >= 0.6 is 0 Å². The molecule has 0 radical (unpaired) electrons. The first kappa shape index (κ1) is 70.8. The van der Waals surface area contributed by atoms with Crippen molar-refractivity contribution in [1.82, 2.24) is 29.8 Å². The normalized spacial score (nSPS) is 22.4. The molecule has 4 heterocycles. The summed E-state index contributed by atoms with van der Waals surface area (Å²) in [5.74, 6) is -3.27. The third kappa shape index (κ3) is 16.9. The number of rotatable bonds is 18. The third-order valence-electron chi connectivity index (χ3n) is 19.5. The fraction of sp³-hybridized carbons (Fsp3) is 0.568. The molecule has 19 nitrogen and oxygen atoms in total. The van der Waals surface area contributed by atoms with Crippen LogP contribution < -0.4 is 15.5 Å². The molecule has 20 heteroatoms. The Labute approximate surface area is 554 Å². The number of carbonyl (C=O) groups is 8. The molecule has 5 aliphatic rings. The van der Waals surface area contributed by atoms with E-state index in [1.807, 2.05) is 84.9 Å². The van der Waals surface area contributed by atoms with Gasteiger partial charge in [-0.3, -0.25) is 38.6 Å². The first-order chi connectivity index (χ1) is 44.2. The van der Waals surface area contributed by atoms with Crippen LogP contribution in [-0.4, -0.2) is 179 Å². The standard InChI is InChI=1S/C74H99FN8O11/c1-46-39-80(57(41-79-30-31-92-44-47(79)2)42-81(46)70(91)94-73(10,11)12)43-66(87)83-45-74(13,59-29-24-50(33-61(59)83)32-49-22-26-55(75)27-23-49)68(89)76-38-65(86)77-56-28-25-52-35-62(64(85)36-53-20-17-19-51-18-15-16-21-58(51)53)82(40-54(52)34-56)67(88)60(71(4,5)6)37-63(84)48(3)78(14)69(90)93-72(7,8)9/h15-16,18,21-29,33-34,46-48,53,57,60,62H,17,19-20,30-32,35-45H2,1-14H3,(H,76,89)(H,77,86)/t46-,47-,48+,53+,57+,60-,62+,74+/m1/s1. The van der Waals surface area contributed by atoms with Crippen LogP contribution in [0, 0.1) is 17.2 Å². The molecule has 0 aromatic heterocycles. The number of fused-ring (bicyclic) bond motifs is 3. The summed E-state index contributed by atoms with van der Waals surface area (Å²) in [5.41, 5.74) is 3.61. The van der Waals surface area contributed by atoms with Crippen LogP contribution in [-0.2, 0) is 74.2 Å². The van der Waals surface area contributed by atoms with Gasteiger partial charge in [0.05, 0.1) is 43.8 Å². The van der Waals surface area contributed by atoms with Gasteiger partial charge in [-0.25, -0.2) is 14.0 Å². The highest BCUT2D eigenvalue weighted by Gasteiger charge is 2.49. The summed E-state index contributed by atoms with van der Waals surface area (Å²) in [4.78, 5) is 126. The van der Waals surface area contributed by atoms with E-state index in [1.54, 1.807) is 73.6 Å². The fourth-order valence-electron chi connectivity index (χ4n) is 14.0. The lowest BCUT2D eigenvalue weighted by molar-refractivity contribution is -0.149. The average molecular weight is 1300 g/mol. The Bertz CT molecular complexity index is 3480. The molecule has 0 bridgehead atoms. The summed E-state index contributed by atoms with van der Waals surface area (Å²) in [7, 11) is 1.50. The van der Waals surface area contributed by atoms with Gasteiger partial charge in [-0.1, -0.05) is 75.4 Å². The Hall–Kier alpha value is -7.55. The van der Waals surface area contributed by atoms with Gasteiger partial charge in [0.1, 0.15) is 17.0 Å². The number of anilines is 2. The van der Waals surface area contributed by atoms with Crippen LogP contribution in [0.3, 0.4) is 0 Å². The first-order valence-corrected chi connectivity index (χ1v) is 33.5. The molecular weight excluding hydrogens is 1200 g/mol. The number of Topliss-reactive ketones (excluding diaryl/α,β-unsaturated/α-hetero) is 2. The topological polar surface area (TPSA) is 208 Å². The van der Waals surface area contributed by atoms with Gasteiger partial charge in [0, 0.05) is 101 Å². The van der Waals surface area contributed by atoms with E-state index < -0.39 is 70.6 Å². The van der Waals surface area contributed by atoms with Crippen LogP contribution in [0.5, 0.6) is 0 Å². The molecule has 9 rings (SSSR count). The predicted molar refractivity (Wildman–Crippen MR) is 359 cm³/mol. The lowest BCUT2D eigenvalue weighted by atomic mass is 9.75. The number of hydrogen-bond donors (Lipinski definition) is 2. The van der Waals surface area contributed by atoms with Crippen molar-refractivity contribution < 1.29 is 57.0 Å². The summed E-state index contributed by atoms with van der Waals surface area (Å²) >= 11 is 0. The lowest BCUT2D eigenvalue weighted by Gasteiger charge is -2.47. The van der Waals surface area contributed by atoms with Gasteiger partial charge in [0.2, 0.25) is 23.6 Å². The van der Waals surface area contributed by atoms with E-state index in [4.69, 9.17) is 14.2 Å². The Kier molecular flexibility index (Phi) is 21.7. The molecule has 8 atom stereocenters. The lowest BCUT2D eigenvalue weighted by Crippen LogP contribution is -2.64. The van der Waals surface area contributed by atoms with Gasteiger partial charge in [0.15, 0.2) is 11.6 Å². The van der Waals surface area contributed by atoms with Crippen molar-refractivity contribution in [2.24, 2.45) is 11.3 Å². The smallest absolute Gasteiger partial charge is 0.410 e. The second kappa shape index (κ2) is 28.8. The monoisotopic (exact) mass is 1290 g/mol. The molecule has 2 fully saturated rings. The van der Waals surface area contributed by atoms with Gasteiger partial charge in [0.25, 0.3) is 0 Å². The number of aryl methyl sites for hydroxylation is 1. The Balaban J connectivity index is 0.933. The van der Waals surface area contributed by atoms with Crippen LogP contribution in [0.1, 0.15) is 161 Å². The van der Waals surface area contributed by atoms with Crippen molar-refractivity contribution in [3.63, 3.8) is 0 Å². The van der Waals surface area contributed by atoms with Crippen molar-refractivity contribution in [3.05, 3.63) is 130 Å². The molecular formula is C74H99FN8O11. The molecule has 4 aromatic carbocycles. The minimum atomic E-state index is -1.32. The second-order valence-corrected chi connectivity index (χ2v) is 30.2. The van der Waals surface area contributed by atoms with Gasteiger partial charge in [-0.05, 0) is 176 Å². The third-order valence-corrected chi connectivity index (χ3v) is 19.5. The fourth-order valence-corrected chi connectivity index (χ4v) is 14.0. The van der Waals surface area contributed by atoms with Gasteiger partial charge in [-0.15, -0.1) is 0 Å². The van der Waals surface area contributed by atoms with Crippen molar-refractivity contribution >= 4 is 58.8 Å². The minimum absolute atomic E-state index is 0.0118. The Morgan fingerprint density at radius 1 is 0.798 bits per heavy atom. The maximum Gasteiger partial charge on any atom is 0.410 e. The van der Waals surface area contributed by atoms with Crippen molar-refractivity contribution in [3.8, 4) is 0 Å². The molecule has 1 aliphatic carbocycles. The zero-order chi connectivity index (χ0) is 68.4. The Morgan fingerprint density at radius 3 is 2.19 bits per heavy atom. The first-order valence-electron chi connectivity index (χ1n) is 33.5. The average Bonchev–Trinajstić information content (AvgIpc) is 1.56. The van der Waals surface area contributed by atoms with E-state index in [0.717, 1.165) is 41.5 Å². The number of halogens is 1. The molecule has 2 N–H and O–H groups in total. The molecule has 0 spiro atoms. The number of nitrogens with zero attached hydrogens (tertiary/aromatic N) is 6.